The zero-order valence-electron chi connectivity index (χ0n) is 10.4. The highest BCUT2D eigenvalue weighted by molar-refractivity contribution is 8.00. The molecule has 0 aromatic rings. The van der Waals surface area contributed by atoms with E-state index in [1.165, 1.54) is 0 Å². The summed E-state index contributed by atoms with van der Waals surface area (Å²) in [5.74, 6) is -0.592. The van der Waals surface area contributed by atoms with Gasteiger partial charge in [-0.15, -0.1) is 0 Å². The summed E-state index contributed by atoms with van der Waals surface area (Å²) >= 11 is -0.114. The van der Waals surface area contributed by atoms with Crippen LogP contribution in [0.3, 0.4) is 0 Å². The van der Waals surface area contributed by atoms with E-state index in [9.17, 15) is 18.0 Å². The minimum absolute atomic E-state index is 0.102. The predicted octanol–water partition coefficient (Wildman–Crippen LogP) is 2.56. The lowest BCUT2D eigenvalue weighted by molar-refractivity contribution is -0.156. The highest BCUT2D eigenvalue weighted by Gasteiger charge is 2.27. The van der Waals surface area contributed by atoms with E-state index in [0.29, 0.717) is 0 Å². The second kappa shape index (κ2) is 6.49. The largest absolute Gasteiger partial charge is 0.459 e. The van der Waals surface area contributed by atoms with Gasteiger partial charge in [-0.2, -0.15) is 13.2 Å². The van der Waals surface area contributed by atoms with E-state index in [0.717, 1.165) is 0 Å². The van der Waals surface area contributed by atoms with E-state index in [-0.39, 0.29) is 24.1 Å². The van der Waals surface area contributed by atoms with Gasteiger partial charge in [0.15, 0.2) is 0 Å². The molecular weight excluding hydrogens is 255 g/mol. The summed E-state index contributed by atoms with van der Waals surface area (Å²) in [7, 11) is 0. The van der Waals surface area contributed by atoms with Crippen LogP contribution in [0.5, 0.6) is 0 Å². The number of nitrogens with one attached hydrogen (secondary N) is 1. The van der Waals surface area contributed by atoms with Gasteiger partial charge < -0.3 is 10.1 Å². The lowest BCUT2D eigenvalue weighted by Gasteiger charge is -2.22. The molecule has 3 nitrogen and oxygen atoms in total. The van der Waals surface area contributed by atoms with Crippen LogP contribution in [0.15, 0.2) is 0 Å². The summed E-state index contributed by atoms with van der Waals surface area (Å²) in [6.45, 7) is 6.86. The first kappa shape index (κ1) is 16.6. The van der Waals surface area contributed by atoms with Crippen molar-refractivity contribution in [3.05, 3.63) is 0 Å². The van der Waals surface area contributed by atoms with Crippen molar-refractivity contribution in [3.8, 4) is 0 Å². The molecule has 0 aliphatic heterocycles. The topological polar surface area (TPSA) is 38.3 Å². The van der Waals surface area contributed by atoms with Crippen LogP contribution in [0.1, 0.15) is 27.7 Å². The third-order valence-electron chi connectivity index (χ3n) is 1.58. The van der Waals surface area contributed by atoms with Crippen molar-refractivity contribution >= 4 is 17.7 Å². The number of carbonyl (C=O) groups is 1. The molecule has 0 bridgehead atoms. The molecule has 0 aliphatic carbocycles. The summed E-state index contributed by atoms with van der Waals surface area (Å²) in [4.78, 5) is 11.4. The van der Waals surface area contributed by atoms with Crippen molar-refractivity contribution in [1.29, 1.82) is 0 Å². The molecular formula is C10H18F3NO2S. The van der Waals surface area contributed by atoms with Gasteiger partial charge in [0.05, 0.1) is 0 Å². The third-order valence-corrected chi connectivity index (χ3v) is 2.31. The van der Waals surface area contributed by atoms with E-state index >= 15 is 0 Å². The highest BCUT2D eigenvalue weighted by Crippen LogP contribution is 2.29. The van der Waals surface area contributed by atoms with E-state index in [1.54, 1.807) is 27.7 Å². The second-order valence-electron chi connectivity index (χ2n) is 4.50. The Morgan fingerprint density at radius 3 is 2.29 bits per heavy atom. The number of ether oxygens (including phenoxy) is 1. The fraction of sp³-hybridized carbons (Fsp3) is 0.900. The summed E-state index contributed by atoms with van der Waals surface area (Å²) in [6.07, 6.45) is 0. The fourth-order valence-electron chi connectivity index (χ4n) is 0.916. The van der Waals surface area contributed by atoms with Gasteiger partial charge in [0.2, 0.25) is 0 Å². The van der Waals surface area contributed by atoms with Crippen LogP contribution in [-0.2, 0) is 9.53 Å². The first-order valence-electron chi connectivity index (χ1n) is 5.18. The normalized spacial score (nSPS) is 14.5. The van der Waals surface area contributed by atoms with E-state index < -0.39 is 23.1 Å². The number of hydrogen-bond donors (Lipinski definition) is 1. The molecule has 0 aromatic carbocycles. The minimum Gasteiger partial charge on any atom is -0.459 e. The van der Waals surface area contributed by atoms with Crippen LogP contribution in [0.25, 0.3) is 0 Å². The summed E-state index contributed by atoms with van der Waals surface area (Å²) < 4.78 is 40.5. The van der Waals surface area contributed by atoms with Crippen molar-refractivity contribution in [3.63, 3.8) is 0 Å². The SMILES string of the molecule is CC(NCCSC(F)(F)F)C(=O)OC(C)(C)C. The molecule has 17 heavy (non-hydrogen) atoms. The van der Waals surface area contributed by atoms with Gasteiger partial charge in [-0.05, 0) is 39.5 Å². The van der Waals surface area contributed by atoms with E-state index in [4.69, 9.17) is 4.74 Å². The van der Waals surface area contributed by atoms with Gasteiger partial charge >= 0.3 is 11.5 Å². The molecule has 1 N–H and O–H groups in total. The van der Waals surface area contributed by atoms with Gasteiger partial charge in [-0.1, -0.05) is 0 Å². The number of hydrogen-bond acceptors (Lipinski definition) is 4. The van der Waals surface area contributed by atoms with Gasteiger partial charge in [0.25, 0.3) is 0 Å². The molecule has 102 valence electrons. The number of carbonyl (C=O) groups excluding carboxylic acids is 1. The first-order valence-corrected chi connectivity index (χ1v) is 6.17. The molecule has 1 atom stereocenters. The van der Waals surface area contributed by atoms with E-state index in [2.05, 4.69) is 5.32 Å². The van der Waals surface area contributed by atoms with Gasteiger partial charge in [0, 0.05) is 12.3 Å². The molecule has 0 spiro atoms. The second-order valence-corrected chi connectivity index (χ2v) is 5.66. The van der Waals surface area contributed by atoms with E-state index in [1.807, 2.05) is 0 Å². The molecule has 1 unspecified atom stereocenters. The van der Waals surface area contributed by atoms with Gasteiger partial charge in [-0.3, -0.25) is 4.79 Å². The first-order chi connectivity index (χ1) is 7.51. The Morgan fingerprint density at radius 2 is 1.88 bits per heavy atom. The molecule has 0 fully saturated rings. The van der Waals surface area contributed by atoms with Gasteiger partial charge in [-0.25, -0.2) is 0 Å². The monoisotopic (exact) mass is 273 g/mol. The average Bonchev–Trinajstić information content (AvgIpc) is 2.07. The van der Waals surface area contributed by atoms with Crippen LogP contribution in [0, 0.1) is 0 Å². The number of rotatable bonds is 5. The maximum Gasteiger partial charge on any atom is 0.441 e. The fourth-order valence-corrected chi connectivity index (χ4v) is 1.37. The third kappa shape index (κ3) is 10.4. The molecule has 0 saturated heterocycles. The average molecular weight is 273 g/mol. The Morgan fingerprint density at radius 1 is 1.35 bits per heavy atom. The predicted molar refractivity (Wildman–Crippen MR) is 61.8 cm³/mol. The van der Waals surface area contributed by atoms with Crippen LogP contribution in [0.4, 0.5) is 13.2 Å². The Hall–Kier alpha value is -0.430. The Kier molecular flexibility index (Phi) is 6.32. The maximum absolute atomic E-state index is 11.8. The summed E-state index contributed by atoms with van der Waals surface area (Å²) in [5.41, 5.74) is -4.81. The van der Waals surface area contributed by atoms with Crippen LogP contribution >= 0.6 is 11.8 Å². The maximum atomic E-state index is 11.8. The Labute approximate surface area is 103 Å². The number of thioether (sulfide) groups is 1. The number of alkyl halides is 3. The smallest absolute Gasteiger partial charge is 0.441 e. The molecule has 0 amide bonds. The molecule has 0 heterocycles. The number of halogens is 3. The molecule has 0 aliphatic rings. The molecule has 0 radical (unpaired) electrons. The van der Waals surface area contributed by atoms with Crippen LogP contribution < -0.4 is 5.32 Å². The quantitative estimate of drug-likeness (QED) is 0.617. The Balaban J connectivity index is 3.80. The minimum atomic E-state index is -4.23. The zero-order valence-corrected chi connectivity index (χ0v) is 11.2. The number of esters is 1. The van der Waals surface area contributed by atoms with Crippen LogP contribution in [-0.4, -0.2) is 35.4 Å². The van der Waals surface area contributed by atoms with Crippen molar-refractivity contribution in [2.45, 2.75) is 44.8 Å². The molecule has 7 heteroatoms. The van der Waals surface area contributed by atoms with Crippen molar-refractivity contribution < 1.29 is 22.7 Å². The van der Waals surface area contributed by atoms with Crippen molar-refractivity contribution in [2.75, 3.05) is 12.3 Å². The lowest BCUT2D eigenvalue weighted by atomic mass is 10.2. The summed E-state index contributed by atoms with van der Waals surface area (Å²) in [6, 6.07) is -0.608. The van der Waals surface area contributed by atoms with Crippen molar-refractivity contribution in [2.24, 2.45) is 0 Å². The van der Waals surface area contributed by atoms with Crippen molar-refractivity contribution in [1.82, 2.24) is 5.32 Å². The zero-order chi connectivity index (χ0) is 13.7. The standard InChI is InChI=1S/C10H18F3NO2S/c1-7(8(15)16-9(2,3)4)14-5-6-17-10(11,12)13/h7,14H,5-6H2,1-4H3. The van der Waals surface area contributed by atoms with Crippen LogP contribution in [0.2, 0.25) is 0 Å². The van der Waals surface area contributed by atoms with Gasteiger partial charge in [0.1, 0.15) is 11.6 Å². The Bertz CT molecular complexity index is 251. The highest BCUT2D eigenvalue weighted by atomic mass is 32.2. The lowest BCUT2D eigenvalue weighted by Crippen LogP contribution is -2.40. The molecule has 0 saturated carbocycles. The molecule has 0 rings (SSSR count). The summed E-state index contributed by atoms with van der Waals surface area (Å²) in [5, 5.41) is 2.68. The molecule has 0 aromatic heterocycles.